The van der Waals surface area contributed by atoms with Gasteiger partial charge in [0, 0.05) is 30.9 Å². The third-order valence-electron chi connectivity index (χ3n) is 4.73. The lowest BCUT2D eigenvalue weighted by Crippen LogP contribution is -2.41. The van der Waals surface area contributed by atoms with Gasteiger partial charge in [-0.2, -0.15) is 0 Å². The van der Waals surface area contributed by atoms with E-state index in [2.05, 4.69) is 22.4 Å². The Morgan fingerprint density at radius 1 is 1.27 bits per heavy atom. The summed E-state index contributed by atoms with van der Waals surface area (Å²) in [5.41, 5.74) is 2.32. The van der Waals surface area contributed by atoms with Crippen molar-refractivity contribution < 1.29 is 15.0 Å². The number of aliphatic hydroxyl groups excluding tert-OH is 1. The van der Waals surface area contributed by atoms with E-state index in [0.717, 1.165) is 25.8 Å². The molecule has 0 saturated carbocycles. The van der Waals surface area contributed by atoms with Gasteiger partial charge in [0.1, 0.15) is 0 Å². The number of carbonyl (C=O) groups excluding carboxylic acids is 1. The number of rotatable bonds is 7. The van der Waals surface area contributed by atoms with Crippen molar-refractivity contribution in [3.8, 4) is 0 Å². The van der Waals surface area contributed by atoms with E-state index in [9.17, 15) is 15.0 Å². The van der Waals surface area contributed by atoms with Crippen LogP contribution >= 0.6 is 0 Å². The smallest absolute Gasteiger partial charge is 0.236 e. The molecule has 1 aromatic carbocycles. The van der Waals surface area contributed by atoms with Crippen molar-refractivity contribution in [1.82, 2.24) is 15.2 Å². The Morgan fingerprint density at radius 2 is 2.08 bits per heavy atom. The molecule has 3 rings (SSSR count). The van der Waals surface area contributed by atoms with Crippen LogP contribution in [0, 0.1) is 0 Å². The monoisotopic (exact) mass is 355 g/mol. The molecule has 1 atom stereocenters. The van der Waals surface area contributed by atoms with E-state index in [-0.39, 0.29) is 18.5 Å². The maximum absolute atomic E-state index is 12.6. The van der Waals surface area contributed by atoms with Crippen LogP contribution in [0.4, 0.5) is 0 Å². The largest absolute Gasteiger partial charge is 0.364 e. The summed E-state index contributed by atoms with van der Waals surface area (Å²) in [6, 6.07) is 13.7. The van der Waals surface area contributed by atoms with E-state index >= 15 is 0 Å². The number of nitrogens with one attached hydrogen (secondary N) is 1. The lowest BCUT2D eigenvalue weighted by atomic mass is 10.0. The molecule has 138 valence electrons. The second kappa shape index (κ2) is 8.89. The molecule has 0 spiro atoms. The van der Waals surface area contributed by atoms with Crippen molar-refractivity contribution in [3.05, 3.63) is 65.5 Å². The van der Waals surface area contributed by atoms with Gasteiger partial charge in [0.05, 0.1) is 12.2 Å². The van der Waals surface area contributed by atoms with Crippen molar-refractivity contribution in [2.75, 3.05) is 13.1 Å². The number of likely N-dealkylation sites (tertiary alicyclic amines) is 1. The molecule has 1 aliphatic rings. The van der Waals surface area contributed by atoms with Crippen LogP contribution in [0.1, 0.15) is 36.0 Å². The van der Waals surface area contributed by atoms with Crippen molar-refractivity contribution in [2.45, 2.75) is 38.1 Å². The van der Waals surface area contributed by atoms with Crippen LogP contribution in [0.15, 0.2) is 48.7 Å². The minimum atomic E-state index is -1.51. The fourth-order valence-electron chi connectivity index (χ4n) is 3.42. The van der Waals surface area contributed by atoms with Gasteiger partial charge in [0.15, 0.2) is 6.29 Å². The summed E-state index contributed by atoms with van der Waals surface area (Å²) < 4.78 is 0. The molecule has 0 radical (unpaired) electrons. The fraction of sp³-hybridized carbons (Fsp3) is 0.400. The first-order valence-electron chi connectivity index (χ1n) is 8.98. The molecule has 2 heterocycles. The number of aliphatic hydroxyl groups is 2. The summed E-state index contributed by atoms with van der Waals surface area (Å²) in [6.07, 6.45) is 3.00. The number of pyridine rings is 1. The summed E-state index contributed by atoms with van der Waals surface area (Å²) in [5.74, 6) is 0.0989. The molecular formula is C20H25N3O3. The minimum absolute atomic E-state index is 0.0989. The first-order valence-corrected chi connectivity index (χ1v) is 8.98. The summed E-state index contributed by atoms with van der Waals surface area (Å²) in [6.45, 7) is 1.46. The van der Waals surface area contributed by atoms with Crippen LogP contribution in [0.25, 0.3) is 0 Å². The maximum Gasteiger partial charge on any atom is 0.236 e. The zero-order valence-electron chi connectivity index (χ0n) is 14.7. The molecule has 1 amide bonds. The quantitative estimate of drug-likeness (QED) is 0.654. The average Bonchev–Trinajstić information content (AvgIpc) is 3.11. The molecule has 2 aromatic rings. The molecule has 1 unspecified atom stereocenters. The van der Waals surface area contributed by atoms with E-state index in [1.165, 1.54) is 11.8 Å². The Bertz CT molecular complexity index is 721. The molecule has 26 heavy (non-hydrogen) atoms. The molecular weight excluding hydrogens is 330 g/mol. The molecule has 0 bridgehead atoms. The van der Waals surface area contributed by atoms with Gasteiger partial charge < -0.3 is 20.4 Å². The Kier molecular flexibility index (Phi) is 6.33. The normalized spacial score (nSPS) is 17.0. The number of benzene rings is 1. The van der Waals surface area contributed by atoms with E-state index in [1.807, 2.05) is 23.1 Å². The second-order valence-electron chi connectivity index (χ2n) is 6.63. The van der Waals surface area contributed by atoms with Gasteiger partial charge in [0.25, 0.3) is 0 Å². The highest BCUT2D eigenvalue weighted by Gasteiger charge is 2.28. The minimum Gasteiger partial charge on any atom is -0.364 e. The first-order chi connectivity index (χ1) is 12.6. The number of nitrogens with zero attached hydrogens (tertiary/aromatic N) is 2. The van der Waals surface area contributed by atoms with Gasteiger partial charge in [0.2, 0.25) is 5.91 Å². The zero-order valence-corrected chi connectivity index (χ0v) is 14.7. The number of amides is 1. The van der Waals surface area contributed by atoms with Crippen molar-refractivity contribution >= 4 is 5.91 Å². The van der Waals surface area contributed by atoms with Gasteiger partial charge in [-0.15, -0.1) is 0 Å². The van der Waals surface area contributed by atoms with E-state index in [1.54, 1.807) is 12.1 Å². The van der Waals surface area contributed by atoms with Gasteiger partial charge in [-0.1, -0.05) is 30.3 Å². The predicted octanol–water partition coefficient (Wildman–Crippen LogP) is 1.39. The van der Waals surface area contributed by atoms with Crippen molar-refractivity contribution in [2.24, 2.45) is 0 Å². The Balaban J connectivity index is 1.50. The lowest BCUT2D eigenvalue weighted by molar-refractivity contribution is -0.131. The Hall–Kier alpha value is -2.28. The molecule has 1 saturated heterocycles. The second-order valence-corrected chi connectivity index (χ2v) is 6.63. The highest BCUT2D eigenvalue weighted by atomic mass is 16.5. The molecule has 1 aromatic heterocycles. The molecule has 1 fully saturated rings. The van der Waals surface area contributed by atoms with Gasteiger partial charge in [-0.25, -0.2) is 0 Å². The summed E-state index contributed by atoms with van der Waals surface area (Å²) in [5, 5.41) is 21.5. The number of aromatic nitrogens is 1. The first kappa shape index (κ1) is 18.5. The SMILES string of the molecule is O=C(CNCc1cc(C(O)O)ccn1)N1CCCC1Cc1ccccc1. The van der Waals surface area contributed by atoms with Crippen LogP contribution in [-0.4, -0.2) is 45.1 Å². The van der Waals surface area contributed by atoms with Crippen LogP contribution in [0.2, 0.25) is 0 Å². The Morgan fingerprint density at radius 3 is 2.85 bits per heavy atom. The Labute approximate surface area is 153 Å². The summed E-state index contributed by atoms with van der Waals surface area (Å²) in [4.78, 5) is 18.7. The van der Waals surface area contributed by atoms with Crippen LogP contribution in [-0.2, 0) is 17.8 Å². The topological polar surface area (TPSA) is 85.7 Å². The van der Waals surface area contributed by atoms with Gasteiger partial charge in [-0.3, -0.25) is 9.78 Å². The van der Waals surface area contributed by atoms with E-state index in [4.69, 9.17) is 0 Å². The highest BCUT2D eigenvalue weighted by Crippen LogP contribution is 2.21. The third-order valence-corrected chi connectivity index (χ3v) is 4.73. The molecule has 3 N–H and O–H groups in total. The number of hydrogen-bond donors (Lipinski definition) is 3. The van der Waals surface area contributed by atoms with Crippen molar-refractivity contribution in [1.29, 1.82) is 0 Å². The standard InChI is InChI=1S/C20H25N3O3/c24-19(14-21-13-17-12-16(20(25)26)8-9-22-17)23-10-4-7-18(23)11-15-5-2-1-3-6-15/h1-3,5-6,8-9,12,18,20-21,25-26H,4,7,10-11,13-14H2. The lowest BCUT2D eigenvalue weighted by Gasteiger charge is -2.25. The van der Waals surface area contributed by atoms with Crippen molar-refractivity contribution in [3.63, 3.8) is 0 Å². The van der Waals surface area contributed by atoms with Crippen LogP contribution in [0.5, 0.6) is 0 Å². The average molecular weight is 355 g/mol. The van der Waals surface area contributed by atoms with E-state index in [0.29, 0.717) is 17.8 Å². The number of hydrogen-bond acceptors (Lipinski definition) is 5. The van der Waals surface area contributed by atoms with E-state index < -0.39 is 6.29 Å². The highest BCUT2D eigenvalue weighted by molar-refractivity contribution is 5.78. The molecule has 6 nitrogen and oxygen atoms in total. The zero-order chi connectivity index (χ0) is 18.4. The van der Waals surface area contributed by atoms with Gasteiger partial charge in [-0.05, 0) is 37.0 Å². The molecule has 6 heteroatoms. The molecule has 0 aliphatic carbocycles. The molecule has 1 aliphatic heterocycles. The van der Waals surface area contributed by atoms with Gasteiger partial charge >= 0.3 is 0 Å². The third kappa shape index (κ3) is 4.88. The predicted molar refractivity (Wildman–Crippen MR) is 98.0 cm³/mol. The van der Waals surface area contributed by atoms with Crippen LogP contribution in [0.3, 0.4) is 0 Å². The number of carbonyl (C=O) groups is 1. The summed E-state index contributed by atoms with van der Waals surface area (Å²) >= 11 is 0. The van der Waals surface area contributed by atoms with Crippen LogP contribution < -0.4 is 5.32 Å². The fourth-order valence-corrected chi connectivity index (χ4v) is 3.42. The summed E-state index contributed by atoms with van der Waals surface area (Å²) in [7, 11) is 0. The maximum atomic E-state index is 12.6.